The number of ether oxygens (including phenoxy) is 2. The van der Waals surface area contributed by atoms with Crippen molar-refractivity contribution in [2.24, 2.45) is 10.3 Å². The van der Waals surface area contributed by atoms with Crippen LogP contribution in [0.1, 0.15) is 45.2 Å². The first kappa shape index (κ1) is 27.8. The van der Waals surface area contributed by atoms with Gasteiger partial charge in [-0.3, -0.25) is 0 Å². The first-order chi connectivity index (χ1) is 16.0. The smallest absolute Gasteiger partial charge is 0.437 e. The van der Waals surface area contributed by atoms with Crippen molar-refractivity contribution in [1.82, 2.24) is 0 Å². The van der Waals surface area contributed by atoms with Crippen LogP contribution in [0.15, 0.2) is 58.8 Å². The Balaban J connectivity index is 2.09. The summed E-state index contributed by atoms with van der Waals surface area (Å²) in [5, 5.41) is 22.0. The molecule has 6 nitrogen and oxygen atoms in total. The monoisotopic (exact) mass is 506 g/mol. The number of benzene rings is 2. The Morgan fingerprint density at radius 2 is 0.914 bits per heavy atom. The highest BCUT2D eigenvalue weighted by atomic mass is 19.4. The fourth-order valence-electron chi connectivity index (χ4n) is 3.65. The fourth-order valence-corrected chi connectivity index (χ4v) is 3.65. The standard InChI is InChI=1S/C23H24F6N2O4/c1-20(2,34-16-9-5-14(6-10-16)18(30-32)22(24,25)26)13-21(3,4)35-17-11-7-15(8-12-17)19(31-33)23(27,28)29/h5-12,32-33H,13H2,1-4H3/b30-18-,31-19+. The molecule has 0 aromatic heterocycles. The maximum absolute atomic E-state index is 12.9. The first-order valence-corrected chi connectivity index (χ1v) is 10.1. The molecule has 0 unspecified atom stereocenters. The SMILES string of the molecule is CC(C)(CC(C)(C)Oc1ccc(/C(=N\O)C(F)(F)F)cc1)Oc1ccc(/C(=N/O)C(F)(F)F)cc1. The summed E-state index contributed by atoms with van der Waals surface area (Å²) >= 11 is 0. The molecular weight excluding hydrogens is 482 g/mol. The normalized spacial score (nSPS) is 14.1. The Morgan fingerprint density at radius 3 is 1.14 bits per heavy atom. The van der Waals surface area contributed by atoms with Gasteiger partial charge in [-0.25, -0.2) is 0 Å². The zero-order valence-corrected chi connectivity index (χ0v) is 19.2. The molecule has 192 valence electrons. The van der Waals surface area contributed by atoms with E-state index in [1.165, 1.54) is 24.3 Å². The quantitative estimate of drug-likeness (QED) is 0.184. The molecule has 0 amide bonds. The van der Waals surface area contributed by atoms with Crippen LogP contribution >= 0.6 is 0 Å². The minimum atomic E-state index is -4.82. The Kier molecular flexibility index (Phi) is 7.98. The van der Waals surface area contributed by atoms with Crippen LogP contribution in [-0.4, -0.2) is 45.4 Å². The van der Waals surface area contributed by atoms with E-state index in [1.54, 1.807) is 27.7 Å². The lowest BCUT2D eigenvalue weighted by molar-refractivity contribution is -0.0610. The number of halogens is 6. The molecule has 0 aliphatic carbocycles. The second kappa shape index (κ2) is 10.0. The zero-order valence-electron chi connectivity index (χ0n) is 19.2. The third-order valence-corrected chi connectivity index (χ3v) is 4.63. The molecule has 12 heteroatoms. The second-order valence-electron chi connectivity index (χ2n) is 8.84. The van der Waals surface area contributed by atoms with Gasteiger partial charge in [0, 0.05) is 17.5 Å². The van der Waals surface area contributed by atoms with Gasteiger partial charge in [0.15, 0.2) is 11.4 Å². The van der Waals surface area contributed by atoms with Gasteiger partial charge in [-0.05, 0) is 76.2 Å². The number of hydrogen-bond acceptors (Lipinski definition) is 6. The molecule has 2 aromatic rings. The van der Waals surface area contributed by atoms with Crippen LogP contribution in [0.4, 0.5) is 26.3 Å². The van der Waals surface area contributed by atoms with Crippen LogP contribution in [0.25, 0.3) is 0 Å². The van der Waals surface area contributed by atoms with Crippen molar-refractivity contribution in [3.05, 3.63) is 59.7 Å². The van der Waals surface area contributed by atoms with E-state index in [1.807, 2.05) is 0 Å². The molecule has 2 aromatic carbocycles. The Labute approximate surface area is 197 Å². The lowest BCUT2D eigenvalue weighted by Gasteiger charge is -2.35. The number of rotatable bonds is 8. The number of alkyl halides is 6. The van der Waals surface area contributed by atoms with E-state index in [4.69, 9.17) is 19.9 Å². The largest absolute Gasteiger partial charge is 0.488 e. The molecule has 2 rings (SSSR count). The zero-order chi connectivity index (χ0) is 26.7. The second-order valence-corrected chi connectivity index (χ2v) is 8.84. The molecule has 0 saturated carbocycles. The molecule has 0 atom stereocenters. The van der Waals surface area contributed by atoms with Crippen LogP contribution in [0, 0.1) is 0 Å². The summed E-state index contributed by atoms with van der Waals surface area (Å²) in [5.74, 6) is 0.530. The van der Waals surface area contributed by atoms with Crippen LogP contribution < -0.4 is 9.47 Å². The number of oxime groups is 2. The van der Waals surface area contributed by atoms with Gasteiger partial charge < -0.3 is 19.9 Å². The van der Waals surface area contributed by atoms with E-state index >= 15 is 0 Å². The molecule has 0 fully saturated rings. The predicted molar refractivity (Wildman–Crippen MR) is 116 cm³/mol. The van der Waals surface area contributed by atoms with Crippen molar-refractivity contribution in [3.8, 4) is 11.5 Å². The average molecular weight is 506 g/mol. The van der Waals surface area contributed by atoms with Crippen molar-refractivity contribution < 1.29 is 46.2 Å². The van der Waals surface area contributed by atoms with E-state index in [2.05, 4.69) is 10.3 Å². The van der Waals surface area contributed by atoms with E-state index in [0.717, 1.165) is 24.3 Å². The van der Waals surface area contributed by atoms with Crippen LogP contribution in [0.3, 0.4) is 0 Å². The summed E-state index contributed by atoms with van der Waals surface area (Å²) < 4.78 is 89.0. The van der Waals surface area contributed by atoms with Gasteiger partial charge in [-0.15, -0.1) is 0 Å². The topological polar surface area (TPSA) is 83.6 Å². The molecule has 2 N–H and O–H groups in total. The van der Waals surface area contributed by atoms with Crippen LogP contribution in [-0.2, 0) is 0 Å². The fraction of sp³-hybridized carbons (Fsp3) is 0.391. The van der Waals surface area contributed by atoms with E-state index in [0.29, 0.717) is 0 Å². The lowest BCUT2D eigenvalue weighted by Crippen LogP contribution is -2.41. The van der Waals surface area contributed by atoms with Crippen LogP contribution in [0.2, 0.25) is 0 Å². The molecule has 35 heavy (non-hydrogen) atoms. The molecule has 0 saturated heterocycles. The summed E-state index contributed by atoms with van der Waals surface area (Å²) in [6.45, 7) is 6.94. The molecule has 0 aliphatic rings. The van der Waals surface area contributed by atoms with Gasteiger partial charge in [0.25, 0.3) is 0 Å². The minimum Gasteiger partial charge on any atom is -0.488 e. The number of hydrogen-bond donors (Lipinski definition) is 2. The van der Waals surface area contributed by atoms with Crippen molar-refractivity contribution in [2.45, 2.75) is 57.7 Å². The highest BCUT2D eigenvalue weighted by molar-refractivity contribution is 6.04. The van der Waals surface area contributed by atoms with Crippen molar-refractivity contribution in [3.63, 3.8) is 0 Å². The van der Waals surface area contributed by atoms with E-state index in [-0.39, 0.29) is 29.0 Å². The molecule has 0 spiro atoms. The third-order valence-electron chi connectivity index (χ3n) is 4.63. The summed E-state index contributed by atoms with van der Waals surface area (Å²) in [6.07, 6.45) is -9.37. The summed E-state index contributed by atoms with van der Waals surface area (Å²) in [6, 6.07) is 9.68. The maximum atomic E-state index is 12.9. The Morgan fingerprint density at radius 1 is 0.629 bits per heavy atom. The highest BCUT2D eigenvalue weighted by Gasteiger charge is 2.39. The summed E-state index contributed by atoms with van der Waals surface area (Å²) in [4.78, 5) is 0. The van der Waals surface area contributed by atoms with Gasteiger partial charge in [0.1, 0.15) is 22.7 Å². The Hall–Kier alpha value is -3.44. The predicted octanol–water partition coefficient (Wildman–Crippen LogP) is 6.57. The molecular formula is C23H24F6N2O4. The lowest BCUT2D eigenvalue weighted by atomic mass is 9.92. The molecule has 0 heterocycles. The van der Waals surface area contributed by atoms with Crippen LogP contribution in [0.5, 0.6) is 11.5 Å². The molecule has 0 radical (unpaired) electrons. The van der Waals surface area contributed by atoms with Gasteiger partial charge in [0.05, 0.1) is 0 Å². The minimum absolute atomic E-state index is 0.265. The van der Waals surface area contributed by atoms with Gasteiger partial charge in [-0.1, -0.05) is 10.3 Å². The van der Waals surface area contributed by atoms with Crippen molar-refractivity contribution >= 4 is 11.4 Å². The van der Waals surface area contributed by atoms with E-state index < -0.39 is 35.0 Å². The summed E-state index contributed by atoms with van der Waals surface area (Å²) in [7, 11) is 0. The number of nitrogens with zero attached hydrogens (tertiary/aromatic N) is 2. The van der Waals surface area contributed by atoms with E-state index in [9.17, 15) is 26.3 Å². The molecule has 0 aliphatic heterocycles. The van der Waals surface area contributed by atoms with Crippen molar-refractivity contribution in [2.75, 3.05) is 0 Å². The Bertz CT molecular complexity index is 972. The van der Waals surface area contributed by atoms with Gasteiger partial charge >= 0.3 is 12.4 Å². The first-order valence-electron chi connectivity index (χ1n) is 10.1. The van der Waals surface area contributed by atoms with Gasteiger partial charge in [0.2, 0.25) is 0 Å². The molecule has 0 bridgehead atoms. The van der Waals surface area contributed by atoms with Gasteiger partial charge in [-0.2, -0.15) is 26.3 Å². The van der Waals surface area contributed by atoms with Crippen molar-refractivity contribution in [1.29, 1.82) is 0 Å². The third kappa shape index (κ3) is 7.79. The average Bonchev–Trinajstić information content (AvgIpc) is 2.68. The summed E-state index contributed by atoms with van der Waals surface area (Å²) in [5.41, 5.74) is -5.27. The highest BCUT2D eigenvalue weighted by Crippen LogP contribution is 2.32. The maximum Gasteiger partial charge on any atom is 0.437 e.